The summed E-state index contributed by atoms with van der Waals surface area (Å²) in [5.41, 5.74) is 0.952. The standard InChI is InChI=1S/C21H22N4O4/c26-20(22-5-9-24-6-1-2-7-24)14-4-3-8-25-19(14)23-16-13-18-17(28-10-11-29-18)12-15(16)21(25)27/h3-4,8,12-13H,1-2,5-7,9-11H2,(H,22,26). The number of rotatable bonds is 4. The predicted molar refractivity (Wildman–Crippen MR) is 108 cm³/mol. The summed E-state index contributed by atoms with van der Waals surface area (Å²) in [6.07, 6.45) is 4.06. The minimum atomic E-state index is -0.242. The molecule has 3 aromatic rings. The largest absolute Gasteiger partial charge is 0.486 e. The van der Waals surface area contributed by atoms with Crippen LogP contribution in [-0.2, 0) is 0 Å². The van der Waals surface area contributed by atoms with Gasteiger partial charge < -0.3 is 19.7 Å². The molecule has 1 saturated heterocycles. The molecule has 8 heteroatoms. The average molecular weight is 394 g/mol. The molecule has 0 aliphatic carbocycles. The first-order valence-corrected chi connectivity index (χ1v) is 9.96. The van der Waals surface area contributed by atoms with E-state index in [1.807, 2.05) is 0 Å². The molecule has 0 unspecified atom stereocenters. The molecular formula is C21H22N4O4. The second-order valence-electron chi connectivity index (χ2n) is 7.35. The van der Waals surface area contributed by atoms with Crippen LogP contribution >= 0.6 is 0 Å². The highest BCUT2D eigenvalue weighted by atomic mass is 16.6. The van der Waals surface area contributed by atoms with Crippen LogP contribution in [0, 0.1) is 0 Å². The Morgan fingerprint density at radius 2 is 1.90 bits per heavy atom. The zero-order valence-electron chi connectivity index (χ0n) is 16.0. The van der Waals surface area contributed by atoms with Crippen molar-refractivity contribution in [3.05, 3.63) is 46.4 Å². The third-order valence-electron chi connectivity index (χ3n) is 5.46. The van der Waals surface area contributed by atoms with E-state index in [0.717, 1.165) is 19.6 Å². The summed E-state index contributed by atoms with van der Waals surface area (Å²) in [5, 5.41) is 3.38. The SMILES string of the molecule is O=C(NCCN1CCCC1)c1cccn2c(=O)c3cc4c(cc3nc12)OCCO4. The van der Waals surface area contributed by atoms with Crippen molar-refractivity contribution in [3.63, 3.8) is 0 Å². The molecule has 0 bridgehead atoms. The smallest absolute Gasteiger partial charge is 0.265 e. The van der Waals surface area contributed by atoms with Crippen molar-refractivity contribution in [3.8, 4) is 11.5 Å². The summed E-state index contributed by atoms with van der Waals surface area (Å²) in [4.78, 5) is 32.8. The van der Waals surface area contributed by atoms with E-state index < -0.39 is 0 Å². The lowest BCUT2D eigenvalue weighted by Gasteiger charge is -2.18. The Labute approximate surface area is 167 Å². The molecule has 1 fully saturated rings. The summed E-state index contributed by atoms with van der Waals surface area (Å²) in [5.74, 6) is 0.872. The number of hydrogen-bond donors (Lipinski definition) is 1. The van der Waals surface area contributed by atoms with Gasteiger partial charge >= 0.3 is 0 Å². The van der Waals surface area contributed by atoms with Crippen molar-refractivity contribution in [1.82, 2.24) is 19.6 Å². The molecule has 2 aliphatic rings. The van der Waals surface area contributed by atoms with Gasteiger partial charge in [-0.1, -0.05) is 0 Å². The lowest BCUT2D eigenvalue weighted by atomic mass is 10.2. The van der Waals surface area contributed by atoms with Gasteiger partial charge in [0.25, 0.3) is 11.5 Å². The lowest BCUT2D eigenvalue weighted by molar-refractivity contribution is 0.0951. The number of fused-ring (bicyclic) bond motifs is 3. The molecule has 0 saturated carbocycles. The maximum absolute atomic E-state index is 13.0. The van der Waals surface area contributed by atoms with Crippen LogP contribution in [-0.4, -0.2) is 59.6 Å². The number of ether oxygens (including phenoxy) is 2. The fraction of sp³-hybridized carbons (Fsp3) is 0.381. The maximum atomic E-state index is 13.0. The number of benzene rings is 1. The number of aromatic nitrogens is 2. The fourth-order valence-electron chi connectivity index (χ4n) is 3.97. The van der Waals surface area contributed by atoms with Gasteiger partial charge in [0, 0.05) is 25.4 Å². The minimum Gasteiger partial charge on any atom is -0.486 e. The first-order valence-electron chi connectivity index (χ1n) is 9.96. The number of amides is 1. The van der Waals surface area contributed by atoms with Gasteiger partial charge in [0.2, 0.25) is 0 Å². The Hall–Kier alpha value is -3.13. The van der Waals surface area contributed by atoms with E-state index in [9.17, 15) is 9.59 Å². The summed E-state index contributed by atoms with van der Waals surface area (Å²) in [6.45, 7) is 4.47. The lowest BCUT2D eigenvalue weighted by Crippen LogP contribution is -2.34. The maximum Gasteiger partial charge on any atom is 0.265 e. The summed E-state index contributed by atoms with van der Waals surface area (Å²) >= 11 is 0. The first-order chi connectivity index (χ1) is 14.2. The van der Waals surface area contributed by atoms with Crippen molar-refractivity contribution in [2.75, 3.05) is 39.4 Å². The van der Waals surface area contributed by atoms with Crippen molar-refractivity contribution >= 4 is 22.5 Å². The van der Waals surface area contributed by atoms with Crippen LogP contribution in [0.3, 0.4) is 0 Å². The second-order valence-corrected chi connectivity index (χ2v) is 7.35. The molecule has 0 spiro atoms. The van der Waals surface area contributed by atoms with Gasteiger partial charge in [0.15, 0.2) is 17.1 Å². The van der Waals surface area contributed by atoms with Gasteiger partial charge in [-0.25, -0.2) is 4.98 Å². The number of likely N-dealkylation sites (tertiary alicyclic amines) is 1. The highest BCUT2D eigenvalue weighted by Crippen LogP contribution is 2.33. The second kappa shape index (κ2) is 7.36. The zero-order chi connectivity index (χ0) is 19.8. The molecule has 0 atom stereocenters. The molecule has 5 rings (SSSR count). The van der Waals surface area contributed by atoms with Crippen molar-refractivity contribution < 1.29 is 14.3 Å². The van der Waals surface area contributed by atoms with E-state index in [-0.39, 0.29) is 11.5 Å². The van der Waals surface area contributed by atoms with Crippen molar-refractivity contribution in [2.45, 2.75) is 12.8 Å². The van der Waals surface area contributed by atoms with Crippen LogP contribution in [0.5, 0.6) is 11.5 Å². The molecule has 150 valence electrons. The van der Waals surface area contributed by atoms with E-state index in [0.29, 0.717) is 53.4 Å². The average Bonchev–Trinajstić information content (AvgIpc) is 3.26. The zero-order valence-corrected chi connectivity index (χ0v) is 16.0. The van der Waals surface area contributed by atoms with Crippen LogP contribution in [0.15, 0.2) is 35.3 Å². The topological polar surface area (TPSA) is 85.2 Å². The van der Waals surface area contributed by atoms with E-state index in [4.69, 9.17) is 9.47 Å². The number of nitrogens with one attached hydrogen (secondary N) is 1. The van der Waals surface area contributed by atoms with Gasteiger partial charge in [-0.3, -0.25) is 14.0 Å². The molecule has 1 amide bonds. The molecule has 8 nitrogen and oxygen atoms in total. The van der Waals surface area contributed by atoms with E-state index in [1.54, 1.807) is 30.5 Å². The van der Waals surface area contributed by atoms with Crippen LogP contribution in [0.4, 0.5) is 0 Å². The van der Waals surface area contributed by atoms with Gasteiger partial charge in [-0.2, -0.15) is 0 Å². The fourth-order valence-corrected chi connectivity index (χ4v) is 3.97. The van der Waals surface area contributed by atoms with Crippen LogP contribution in [0.2, 0.25) is 0 Å². The third kappa shape index (κ3) is 3.29. The number of hydrogen-bond acceptors (Lipinski definition) is 6. The number of nitrogens with zero attached hydrogens (tertiary/aromatic N) is 3. The highest BCUT2D eigenvalue weighted by Gasteiger charge is 2.19. The van der Waals surface area contributed by atoms with Crippen LogP contribution in [0.25, 0.3) is 16.6 Å². The third-order valence-corrected chi connectivity index (χ3v) is 5.46. The van der Waals surface area contributed by atoms with E-state index in [1.165, 1.54) is 17.2 Å². The minimum absolute atomic E-state index is 0.230. The number of pyridine rings is 1. The molecule has 4 heterocycles. The molecule has 1 aromatic carbocycles. The number of carbonyl (C=O) groups is 1. The quantitative estimate of drug-likeness (QED) is 0.674. The summed E-state index contributed by atoms with van der Waals surface area (Å²) < 4.78 is 12.6. The molecule has 0 radical (unpaired) electrons. The van der Waals surface area contributed by atoms with Gasteiger partial charge in [0.1, 0.15) is 13.2 Å². The molecule has 2 aromatic heterocycles. The van der Waals surface area contributed by atoms with Gasteiger partial charge in [-0.05, 0) is 44.1 Å². The van der Waals surface area contributed by atoms with Crippen molar-refractivity contribution in [1.29, 1.82) is 0 Å². The van der Waals surface area contributed by atoms with E-state index in [2.05, 4.69) is 15.2 Å². The van der Waals surface area contributed by atoms with E-state index >= 15 is 0 Å². The molecular weight excluding hydrogens is 372 g/mol. The number of carbonyl (C=O) groups excluding carboxylic acids is 1. The normalized spacial score (nSPS) is 16.4. The Balaban J connectivity index is 1.50. The van der Waals surface area contributed by atoms with Crippen LogP contribution in [0.1, 0.15) is 23.2 Å². The molecule has 2 aliphatic heterocycles. The summed E-state index contributed by atoms with van der Waals surface area (Å²) in [7, 11) is 0. The summed E-state index contributed by atoms with van der Waals surface area (Å²) in [6, 6.07) is 6.74. The monoisotopic (exact) mass is 394 g/mol. The Bertz CT molecular complexity index is 1150. The highest BCUT2D eigenvalue weighted by molar-refractivity contribution is 6.00. The molecule has 1 N–H and O–H groups in total. The predicted octanol–water partition coefficient (Wildman–Crippen LogP) is 1.44. The Morgan fingerprint density at radius 1 is 1.14 bits per heavy atom. The van der Waals surface area contributed by atoms with Gasteiger partial charge in [0.05, 0.1) is 16.5 Å². The first kappa shape index (κ1) is 17.9. The van der Waals surface area contributed by atoms with Crippen molar-refractivity contribution in [2.24, 2.45) is 0 Å². The van der Waals surface area contributed by atoms with Crippen LogP contribution < -0.4 is 20.3 Å². The Kier molecular flexibility index (Phi) is 4.55. The molecule has 29 heavy (non-hydrogen) atoms. The van der Waals surface area contributed by atoms with Gasteiger partial charge in [-0.15, -0.1) is 0 Å². The Morgan fingerprint density at radius 3 is 2.69 bits per heavy atom.